The molecule has 1 heterocycles. The van der Waals surface area contributed by atoms with E-state index in [2.05, 4.69) is 10.2 Å². The second-order valence-corrected chi connectivity index (χ2v) is 6.36. The molecule has 5 nitrogen and oxygen atoms in total. The first kappa shape index (κ1) is 17.2. The molecular weight excluding hydrogens is 311 g/mol. The van der Waals surface area contributed by atoms with Crippen molar-refractivity contribution in [2.75, 3.05) is 32.8 Å². The Morgan fingerprint density at radius 3 is 3.12 bits per heavy atom. The van der Waals surface area contributed by atoms with Crippen LogP contribution in [0.5, 0.6) is 5.75 Å². The van der Waals surface area contributed by atoms with Gasteiger partial charge in [-0.15, -0.1) is 0 Å². The number of ether oxygens (including phenoxy) is 2. The highest BCUT2D eigenvalue weighted by Gasteiger charge is 2.36. The van der Waals surface area contributed by atoms with Crippen molar-refractivity contribution >= 4 is 5.91 Å². The lowest BCUT2D eigenvalue weighted by molar-refractivity contribution is -0.126. The summed E-state index contributed by atoms with van der Waals surface area (Å²) in [6, 6.07) is 6.73. The smallest absolute Gasteiger partial charge is 0.234 e. The van der Waals surface area contributed by atoms with Crippen molar-refractivity contribution in [2.24, 2.45) is 0 Å². The molecule has 1 aliphatic carbocycles. The maximum Gasteiger partial charge on any atom is 0.234 e. The Morgan fingerprint density at radius 1 is 1.38 bits per heavy atom. The van der Waals surface area contributed by atoms with Crippen LogP contribution >= 0.6 is 0 Å². The molecule has 2 aliphatic rings. The molecule has 1 aromatic carbocycles. The summed E-state index contributed by atoms with van der Waals surface area (Å²) in [5, 5.41) is 2.92. The largest absolute Gasteiger partial charge is 0.490 e. The summed E-state index contributed by atoms with van der Waals surface area (Å²) < 4.78 is 24.5. The van der Waals surface area contributed by atoms with E-state index >= 15 is 0 Å². The van der Waals surface area contributed by atoms with E-state index in [-0.39, 0.29) is 17.5 Å². The van der Waals surface area contributed by atoms with E-state index in [0.29, 0.717) is 44.9 Å². The van der Waals surface area contributed by atoms with Crippen LogP contribution < -0.4 is 10.1 Å². The number of carbonyl (C=O) groups excluding carboxylic acids is 1. The predicted molar refractivity (Wildman–Crippen MR) is 88.5 cm³/mol. The summed E-state index contributed by atoms with van der Waals surface area (Å²) in [6.07, 6.45) is 4.36. The molecule has 6 heteroatoms. The summed E-state index contributed by atoms with van der Waals surface area (Å²) in [5.41, 5.74) is 0. The number of fused-ring (bicyclic) bond motifs is 1. The maximum atomic E-state index is 13.4. The number of para-hydroxylation sites is 1. The number of amides is 1. The van der Waals surface area contributed by atoms with Gasteiger partial charge in [-0.2, -0.15) is 0 Å². The number of nitrogens with one attached hydrogen (secondary N) is 1. The molecule has 3 rings (SSSR count). The second-order valence-electron chi connectivity index (χ2n) is 6.36. The third-order valence-corrected chi connectivity index (χ3v) is 4.68. The summed E-state index contributed by atoms with van der Waals surface area (Å²) in [6.45, 7) is 2.88. The second kappa shape index (κ2) is 8.44. The van der Waals surface area contributed by atoms with E-state index in [4.69, 9.17) is 9.47 Å². The minimum absolute atomic E-state index is 0.0356. The lowest BCUT2D eigenvalue weighted by atomic mass is 10.1. The van der Waals surface area contributed by atoms with Gasteiger partial charge in [-0.3, -0.25) is 9.69 Å². The SMILES string of the molecule is O=C(CN1CCO[C@@H]2CCC[C@@H]21)NCCCOc1ccccc1F. The quantitative estimate of drug-likeness (QED) is 0.774. The van der Waals surface area contributed by atoms with Gasteiger partial charge in [0.05, 0.1) is 25.9 Å². The van der Waals surface area contributed by atoms with Gasteiger partial charge in [0.2, 0.25) is 5.91 Å². The number of halogens is 1. The van der Waals surface area contributed by atoms with Gasteiger partial charge in [0.25, 0.3) is 0 Å². The average molecular weight is 336 g/mol. The van der Waals surface area contributed by atoms with Crippen molar-refractivity contribution in [2.45, 2.75) is 37.8 Å². The predicted octanol–water partition coefficient (Wildman–Crippen LogP) is 1.96. The van der Waals surface area contributed by atoms with Gasteiger partial charge in [-0.1, -0.05) is 12.1 Å². The molecule has 1 saturated heterocycles. The summed E-state index contributed by atoms with van der Waals surface area (Å²) in [7, 11) is 0. The van der Waals surface area contributed by atoms with Crippen molar-refractivity contribution in [1.82, 2.24) is 10.2 Å². The third kappa shape index (κ3) is 4.45. The van der Waals surface area contributed by atoms with E-state index in [1.165, 1.54) is 12.5 Å². The highest BCUT2D eigenvalue weighted by Crippen LogP contribution is 2.29. The van der Waals surface area contributed by atoms with Gasteiger partial charge < -0.3 is 14.8 Å². The fraction of sp³-hybridized carbons (Fsp3) is 0.611. The Hall–Kier alpha value is -1.66. The zero-order valence-electron chi connectivity index (χ0n) is 13.9. The highest BCUT2D eigenvalue weighted by atomic mass is 19.1. The number of hydrogen-bond acceptors (Lipinski definition) is 4. The zero-order chi connectivity index (χ0) is 16.8. The van der Waals surface area contributed by atoms with Crippen molar-refractivity contribution in [3.8, 4) is 5.75 Å². The van der Waals surface area contributed by atoms with Gasteiger partial charge in [-0.05, 0) is 37.8 Å². The molecule has 0 radical (unpaired) electrons. The van der Waals surface area contributed by atoms with Crippen LogP contribution in [0.25, 0.3) is 0 Å². The van der Waals surface area contributed by atoms with Crippen LogP contribution in [-0.4, -0.2) is 55.8 Å². The van der Waals surface area contributed by atoms with Crippen molar-refractivity contribution in [1.29, 1.82) is 0 Å². The van der Waals surface area contributed by atoms with Gasteiger partial charge >= 0.3 is 0 Å². The van der Waals surface area contributed by atoms with Crippen LogP contribution in [0.15, 0.2) is 24.3 Å². The number of rotatable bonds is 7. The lowest BCUT2D eigenvalue weighted by Crippen LogP contribution is -2.51. The summed E-state index contributed by atoms with van der Waals surface area (Å²) >= 11 is 0. The number of nitrogens with zero attached hydrogens (tertiary/aromatic N) is 1. The van der Waals surface area contributed by atoms with Crippen molar-refractivity contribution in [3.63, 3.8) is 0 Å². The number of benzene rings is 1. The van der Waals surface area contributed by atoms with E-state index < -0.39 is 0 Å². The molecule has 2 atom stereocenters. The number of morpholine rings is 1. The van der Waals surface area contributed by atoms with E-state index in [0.717, 1.165) is 19.4 Å². The molecule has 0 bridgehead atoms. The molecule has 0 spiro atoms. The van der Waals surface area contributed by atoms with E-state index in [1.54, 1.807) is 18.2 Å². The van der Waals surface area contributed by atoms with E-state index in [1.807, 2.05) is 0 Å². The molecule has 1 amide bonds. The van der Waals surface area contributed by atoms with Crippen LogP contribution in [0.1, 0.15) is 25.7 Å². The standard InChI is InChI=1S/C18H25FN2O3/c19-14-5-1-2-7-16(14)23-11-4-9-20-18(22)13-21-10-12-24-17-8-3-6-15(17)21/h1-2,5,7,15,17H,3-4,6,8-13H2,(H,20,22)/t15-,17+/m0/s1. The minimum Gasteiger partial charge on any atom is -0.490 e. The molecule has 1 saturated carbocycles. The topological polar surface area (TPSA) is 50.8 Å². The van der Waals surface area contributed by atoms with Crippen LogP contribution in [0, 0.1) is 5.82 Å². The number of hydrogen-bond donors (Lipinski definition) is 1. The first-order chi connectivity index (χ1) is 11.7. The molecule has 1 aliphatic heterocycles. The molecule has 2 fully saturated rings. The average Bonchev–Trinajstić information content (AvgIpc) is 3.06. The fourth-order valence-electron chi connectivity index (χ4n) is 3.49. The Bertz CT molecular complexity index is 555. The molecule has 1 N–H and O–H groups in total. The van der Waals surface area contributed by atoms with Gasteiger partial charge in [0.15, 0.2) is 11.6 Å². The normalized spacial score (nSPS) is 23.7. The minimum atomic E-state index is -0.361. The first-order valence-electron chi connectivity index (χ1n) is 8.74. The maximum absolute atomic E-state index is 13.4. The van der Waals surface area contributed by atoms with E-state index in [9.17, 15) is 9.18 Å². The van der Waals surface area contributed by atoms with Crippen molar-refractivity contribution < 1.29 is 18.7 Å². The molecule has 24 heavy (non-hydrogen) atoms. The van der Waals surface area contributed by atoms with Crippen molar-refractivity contribution in [3.05, 3.63) is 30.1 Å². The zero-order valence-corrected chi connectivity index (χ0v) is 13.9. The Morgan fingerprint density at radius 2 is 2.25 bits per heavy atom. The van der Waals surface area contributed by atoms with Crippen LogP contribution in [0.2, 0.25) is 0 Å². The molecule has 1 aromatic rings. The van der Waals surface area contributed by atoms with Crippen LogP contribution in [0.3, 0.4) is 0 Å². The fourth-order valence-corrected chi connectivity index (χ4v) is 3.49. The Balaban J connectivity index is 1.32. The molecule has 132 valence electrons. The molecule has 0 aromatic heterocycles. The van der Waals surface area contributed by atoms with Crippen LogP contribution in [-0.2, 0) is 9.53 Å². The molecule has 0 unspecified atom stereocenters. The lowest BCUT2D eigenvalue weighted by Gasteiger charge is -2.37. The monoisotopic (exact) mass is 336 g/mol. The highest BCUT2D eigenvalue weighted by molar-refractivity contribution is 5.78. The number of carbonyl (C=O) groups is 1. The van der Waals surface area contributed by atoms with Gasteiger partial charge in [-0.25, -0.2) is 4.39 Å². The van der Waals surface area contributed by atoms with Gasteiger partial charge in [0, 0.05) is 19.1 Å². The Kier molecular flexibility index (Phi) is 6.04. The Labute approximate surface area is 142 Å². The van der Waals surface area contributed by atoms with Gasteiger partial charge in [0.1, 0.15) is 0 Å². The first-order valence-corrected chi connectivity index (χ1v) is 8.74. The molecular formula is C18H25FN2O3. The summed E-state index contributed by atoms with van der Waals surface area (Å²) in [4.78, 5) is 14.3. The van der Waals surface area contributed by atoms with Crippen LogP contribution in [0.4, 0.5) is 4.39 Å². The summed E-state index contributed by atoms with van der Waals surface area (Å²) in [5.74, 6) is -0.0715. The third-order valence-electron chi connectivity index (χ3n) is 4.68.